The van der Waals surface area contributed by atoms with Gasteiger partial charge in [-0.2, -0.15) is 0 Å². The Morgan fingerprint density at radius 1 is 1.16 bits per heavy atom. The van der Waals surface area contributed by atoms with Crippen LogP contribution in [0.3, 0.4) is 0 Å². The van der Waals surface area contributed by atoms with Gasteiger partial charge in [-0.1, -0.05) is 12.1 Å². The zero-order chi connectivity index (χ0) is 21.8. The third-order valence-corrected chi connectivity index (χ3v) is 4.49. The lowest BCUT2D eigenvalue weighted by Crippen LogP contribution is -2.07. The van der Waals surface area contributed by atoms with Crippen molar-refractivity contribution in [3.63, 3.8) is 0 Å². The molecule has 0 bridgehead atoms. The first-order chi connectivity index (χ1) is 15.0. The molecule has 0 atom stereocenters. The van der Waals surface area contributed by atoms with Crippen LogP contribution in [0.2, 0.25) is 0 Å². The molecule has 158 valence electrons. The standard InChI is InChI=1S/C22H20FN5O3/c1-13(30)27-20-10-16(6-7-18(20)23)31-22-17-11-19(28-21(17)25-12-26-22)14-2-4-15(5-3-14)24-8-9-29/h2-7,10-12,24,29H,8-9H2,1H3,(H,27,30)(H,25,26,28). The monoisotopic (exact) mass is 421 g/mol. The number of nitrogens with zero attached hydrogens (tertiary/aromatic N) is 2. The normalized spacial score (nSPS) is 10.8. The number of carbonyl (C=O) groups excluding carboxylic acids is 1. The summed E-state index contributed by atoms with van der Waals surface area (Å²) in [7, 11) is 0. The lowest BCUT2D eigenvalue weighted by molar-refractivity contribution is -0.114. The number of aromatic nitrogens is 3. The third-order valence-electron chi connectivity index (χ3n) is 4.49. The first-order valence-electron chi connectivity index (χ1n) is 9.57. The highest BCUT2D eigenvalue weighted by molar-refractivity contribution is 5.89. The molecule has 4 aromatic rings. The molecule has 0 fully saturated rings. The Labute approximate surface area is 177 Å². The maximum atomic E-state index is 13.9. The fourth-order valence-corrected chi connectivity index (χ4v) is 3.09. The molecule has 0 spiro atoms. The number of benzene rings is 2. The second kappa shape index (κ2) is 8.80. The molecule has 0 saturated carbocycles. The fraction of sp³-hybridized carbons (Fsp3) is 0.136. The van der Waals surface area contributed by atoms with E-state index in [-0.39, 0.29) is 18.2 Å². The zero-order valence-electron chi connectivity index (χ0n) is 16.6. The van der Waals surface area contributed by atoms with E-state index in [4.69, 9.17) is 9.84 Å². The van der Waals surface area contributed by atoms with Gasteiger partial charge < -0.3 is 25.5 Å². The molecule has 0 aliphatic carbocycles. The molecule has 4 rings (SSSR count). The number of hydrogen-bond acceptors (Lipinski definition) is 6. The predicted molar refractivity (Wildman–Crippen MR) is 116 cm³/mol. The van der Waals surface area contributed by atoms with Gasteiger partial charge in [0.15, 0.2) is 0 Å². The van der Waals surface area contributed by atoms with Gasteiger partial charge in [-0.15, -0.1) is 0 Å². The molecule has 0 aliphatic heterocycles. The number of halogens is 1. The maximum absolute atomic E-state index is 13.9. The van der Waals surface area contributed by atoms with Gasteiger partial charge in [0.25, 0.3) is 0 Å². The van der Waals surface area contributed by atoms with Crippen LogP contribution in [-0.4, -0.2) is 39.1 Å². The summed E-state index contributed by atoms with van der Waals surface area (Å²) >= 11 is 0. The summed E-state index contributed by atoms with van der Waals surface area (Å²) in [6, 6.07) is 13.7. The second-order valence-corrected chi connectivity index (χ2v) is 6.78. The number of rotatable bonds is 7. The van der Waals surface area contributed by atoms with E-state index >= 15 is 0 Å². The summed E-state index contributed by atoms with van der Waals surface area (Å²) in [6.45, 7) is 1.85. The number of aliphatic hydroxyl groups excluding tert-OH is 1. The van der Waals surface area contributed by atoms with E-state index in [0.29, 0.717) is 29.2 Å². The summed E-state index contributed by atoms with van der Waals surface area (Å²) in [5, 5.41) is 15.1. The number of H-pyrrole nitrogens is 1. The van der Waals surface area contributed by atoms with Gasteiger partial charge in [0, 0.05) is 30.9 Å². The van der Waals surface area contributed by atoms with Crippen molar-refractivity contribution in [2.75, 3.05) is 23.8 Å². The number of fused-ring (bicyclic) bond motifs is 1. The average Bonchev–Trinajstić information content (AvgIpc) is 3.20. The minimum absolute atomic E-state index is 0.0277. The molecule has 2 aromatic heterocycles. The first kappa shape index (κ1) is 20.3. The van der Waals surface area contributed by atoms with E-state index < -0.39 is 5.82 Å². The molecule has 4 N–H and O–H groups in total. The topological polar surface area (TPSA) is 112 Å². The molecule has 0 saturated heterocycles. The van der Waals surface area contributed by atoms with Gasteiger partial charge in [-0.25, -0.2) is 14.4 Å². The smallest absolute Gasteiger partial charge is 0.231 e. The van der Waals surface area contributed by atoms with Crippen molar-refractivity contribution in [3.05, 3.63) is 60.7 Å². The average molecular weight is 421 g/mol. The lowest BCUT2D eigenvalue weighted by Gasteiger charge is -2.08. The summed E-state index contributed by atoms with van der Waals surface area (Å²) in [5.41, 5.74) is 3.29. The van der Waals surface area contributed by atoms with E-state index in [0.717, 1.165) is 16.9 Å². The van der Waals surface area contributed by atoms with Crippen LogP contribution in [0.4, 0.5) is 15.8 Å². The van der Waals surface area contributed by atoms with E-state index in [2.05, 4.69) is 25.6 Å². The quantitative estimate of drug-likeness (QED) is 0.360. The van der Waals surface area contributed by atoms with Crippen molar-refractivity contribution in [1.29, 1.82) is 0 Å². The molecule has 2 heterocycles. The van der Waals surface area contributed by atoms with E-state index in [9.17, 15) is 9.18 Å². The number of ether oxygens (including phenoxy) is 1. The summed E-state index contributed by atoms with van der Waals surface area (Å²) in [6.07, 6.45) is 1.37. The van der Waals surface area contributed by atoms with Gasteiger partial charge in [0.2, 0.25) is 11.8 Å². The van der Waals surface area contributed by atoms with Crippen LogP contribution in [0, 0.1) is 5.82 Å². The Balaban J connectivity index is 1.62. The van der Waals surface area contributed by atoms with Crippen molar-refractivity contribution in [2.24, 2.45) is 0 Å². The van der Waals surface area contributed by atoms with E-state index in [1.165, 1.54) is 31.5 Å². The molecule has 31 heavy (non-hydrogen) atoms. The van der Waals surface area contributed by atoms with E-state index in [1.807, 2.05) is 30.3 Å². The highest BCUT2D eigenvalue weighted by atomic mass is 19.1. The lowest BCUT2D eigenvalue weighted by atomic mass is 10.1. The molecule has 0 aliphatic rings. The number of carbonyl (C=O) groups is 1. The maximum Gasteiger partial charge on any atom is 0.231 e. The first-order valence-corrected chi connectivity index (χ1v) is 9.57. The van der Waals surface area contributed by atoms with Crippen molar-refractivity contribution in [3.8, 4) is 22.9 Å². The van der Waals surface area contributed by atoms with Crippen LogP contribution >= 0.6 is 0 Å². The number of amides is 1. The van der Waals surface area contributed by atoms with Gasteiger partial charge in [-0.3, -0.25) is 4.79 Å². The van der Waals surface area contributed by atoms with Crippen LogP contribution in [-0.2, 0) is 4.79 Å². The third kappa shape index (κ3) is 4.62. The van der Waals surface area contributed by atoms with Crippen molar-refractivity contribution >= 4 is 28.3 Å². The molecular formula is C22H20FN5O3. The van der Waals surface area contributed by atoms with Gasteiger partial charge >= 0.3 is 0 Å². The molecule has 0 unspecified atom stereocenters. The molecule has 2 aromatic carbocycles. The Bertz CT molecular complexity index is 1220. The number of aromatic amines is 1. The van der Waals surface area contributed by atoms with E-state index in [1.54, 1.807) is 0 Å². The number of anilines is 2. The van der Waals surface area contributed by atoms with Crippen LogP contribution in [0.25, 0.3) is 22.3 Å². The summed E-state index contributed by atoms with van der Waals surface area (Å²) in [5.74, 6) is -0.314. The number of hydrogen-bond donors (Lipinski definition) is 4. The highest BCUT2D eigenvalue weighted by Crippen LogP contribution is 2.32. The van der Waals surface area contributed by atoms with Crippen molar-refractivity contribution < 1.29 is 19.0 Å². The van der Waals surface area contributed by atoms with Crippen LogP contribution < -0.4 is 15.4 Å². The van der Waals surface area contributed by atoms with Crippen molar-refractivity contribution in [1.82, 2.24) is 15.0 Å². The van der Waals surface area contributed by atoms with Crippen LogP contribution in [0.15, 0.2) is 54.9 Å². The Hall–Kier alpha value is -3.98. The second-order valence-electron chi connectivity index (χ2n) is 6.78. The Morgan fingerprint density at radius 2 is 1.97 bits per heavy atom. The minimum atomic E-state index is -0.559. The molecule has 1 amide bonds. The molecule has 0 radical (unpaired) electrons. The highest BCUT2D eigenvalue weighted by Gasteiger charge is 2.13. The Morgan fingerprint density at radius 3 is 2.71 bits per heavy atom. The van der Waals surface area contributed by atoms with Gasteiger partial charge in [0.05, 0.1) is 17.7 Å². The zero-order valence-corrected chi connectivity index (χ0v) is 16.6. The summed E-state index contributed by atoms with van der Waals surface area (Å²) < 4.78 is 19.8. The molecule has 9 heteroatoms. The Kier molecular flexibility index (Phi) is 5.76. The largest absolute Gasteiger partial charge is 0.438 e. The minimum Gasteiger partial charge on any atom is -0.438 e. The fourth-order valence-electron chi connectivity index (χ4n) is 3.09. The predicted octanol–water partition coefficient (Wildman–Crippen LogP) is 3.92. The molecular weight excluding hydrogens is 401 g/mol. The number of nitrogens with one attached hydrogen (secondary N) is 3. The molecule has 8 nitrogen and oxygen atoms in total. The van der Waals surface area contributed by atoms with Gasteiger partial charge in [0.1, 0.15) is 23.5 Å². The van der Waals surface area contributed by atoms with Crippen LogP contribution in [0.1, 0.15) is 6.92 Å². The number of aliphatic hydroxyl groups is 1. The SMILES string of the molecule is CC(=O)Nc1cc(Oc2ncnc3[nH]c(-c4ccc(NCCO)cc4)cc23)ccc1F. The summed E-state index contributed by atoms with van der Waals surface area (Å²) in [4.78, 5) is 23.0. The van der Waals surface area contributed by atoms with Crippen LogP contribution in [0.5, 0.6) is 11.6 Å². The van der Waals surface area contributed by atoms with Crippen molar-refractivity contribution in [2.45, 2.75) is 6.92 Å². The van der Waals surface area contributed by atoms with Gasteiger partial charge in [-0.05, 0) is 35.9 Å².